The number of nitrogens with one attached hydrogen (secondary N) is 1. The molecular weight excluding hydrogens is 246 g/mol. The van der Waals surface area contributed by atoms with Crippen molar-refractivity contribution in [1.29, 1.82) is 0 Å². The number of aromatic nitrogens is 2. The van der Waals surface area contributed by atoms with Crippen LogP contribution in [0.5, 0.6) is 0 Å². The van der Waals surface area contributed by atoms with Gasteiger partial charge in [-0.3, -0.25) is 10.1 Å². The van der Waals surface area contributed by atoms with E-state index in [4.69, 9.17) is 4.42 Å². The van der Waals surface area contributed by atoms with Crippen molar-refractivity contribution in [1.82, 2.24) is 10.2 Å². The van der Waals surface area contributed by atoms with Gasteiger partial charge in [0.15, 0.2) is 0 Å². The first-order chi connectivity index (χ1) is 7.91. The predicted molar refractivity (Wildman–Crippen MR) is 45.9 cm³/mol. The van der Waals surface area contributed by atoms with Crippen LogP contribution in [0.1, 0.15) is 24.7 Å². The molecule has 94 valence electrons. The van der Waals surface area contributed by atoms with E-state index >= 15 is 0 Å². The number of hydrogen-bond donors (Lipinski definition) is 1. The number of hydrogen-bond acceptors (Lipinski definition) is 4. The standard InChI is InChI=1S/C8H7F4N3O2/c9-5(10)8(11,12)6(16)13-7-15-14-4(17-7)3-1-2-3/h3,5H,1-2H2,(H,13,15,16). The molecule has 0 bridgehead atoms. The summed E-state index contributed by atoms with van der Waals surface area (Å²) < 4.78 is 53.6. The third kappa shape index (κ3) is 2.37. The molecule has 0 radical (unpaired) electrons. The van der Waals surface area contributed by atoms with Crippen LogP contribution < -0.4 is 5.32 Å². The lowest BCUT2D eigenvalue weighted by molar-refractivity contribution is -0.163. The lowest BCUT2D eigenvalue weighted by Crippen LogP contribution is -2.41. The number of amides is 1. The number of anilines is 1. The Labute approximate surface area is 92.2 Å². The van der Waals surface area contributed by atoms with Crippen molar-refractivity contribution in [3.05, 3.63) is 5.89 Å². The van der Waals surface area contributed by atoms with Crippen molar-refractivity contribution in [2.24, 2.45) is 0 Å². The molecule has 0 aliphatic heterocycles. The lowest BCUT2D eigenvalue weighted by atomic mass is 10.3. The van der Waals surface area contributed by atoms with Gasteiger partial charge in [-0.15, -0.1) is 5.10 Å². The molecule has 1 aromatic heterocycles. The van der Waals surface area contributed by atoms with Gasteiger partial charge in [0.05, 0.1) is 0 Å². The summed E-state index contributed by atoms with van der Waals surface area (Å²) in [6.07, 6.45) is -2.42. The highest BCUT2D eigenvalue weighted by molar-refractivity contribution is 5.94. The molecule has 0 spiro atoms. The van der Waals surface area contributed by atoms with Gasteiger partial charge in [0.2, 0.25) is 5.89 Å². The van der Waals surface area contributed by atoms with Crippen LogP contribution in [0.15, 0.2) is 4.42 Å². The molecule has 1 heterocycles. The lowest BCUT2D eigenvalue weighted by Gasteiger charge is -2.12. The van der Waals surface area contributed by atoms with Gasteiger partial charge in [-0.1, -0.05) is 5.10 Å². The monoisotopic (exact) mass is 253 g/mol. The highest BCUT2D eigenvalue weighted by Gasteiger charge is 2.49. The Balaban J connectivity index is 2.02. The van der Waals surface area contributed by atoms with E-state index in [1.165, 1.54) is 5.32 Å². The fourth-order valence-corrected chi connectivity index (χ4v) is 1.06. The van der Waals surface area contributed by atoms with E-state index in [1.807, 2.05) is 0 Å². The summed E-state index contributed by atoms with van der Waals surface area (Å²) in [5.41, 5.74) is 0. The maximum Gasteiger partial charge on any atom is 0.383 e. The highest BCUT2D eigenvalue weighted by Crippen LogP contribution is 2.39. The summed E-state index contributed by atoms with van der Waals surface area (Å²) in [5.74, 6) is -6.67. The Bertz CT molecular complexity index is 430. The molecular formula is C8H7F4N3O2. The molecule has 9 heteroatoms. The van der Waals surface area contributed by atoms with Gasteiger partial charge in [-0.25, -0.2) is 8.78 Å². The normalized spacial score (nSPS) is 16.3. The summed E-state index contributed by atoms with van der Waals surface area (Å²) in [6.45, 7) is 0. The van der Waals surface area contributed by atoms with Crippen LogP contribution in [0.3, 0.4) is 0 Å². The summed E-state index contributed by atoms with van der Waals surface area (Å²) in [7, 11) is 0. The van der Waals surface area contributed by atoms with Gasteiger partial charge >= 0.3 is 24.3 Å². The molecule has 0 unspecified atom stereocenters. The third-order valence-corrected chi connectivity index (χ3v) is 2.16. The molecule has 0 aromatic carbocycles. The minimum Gasteiger partial charge on any atom is -0.408 e. The maximum atomic E-state index is 12.6. The van der Waals surface area contributed by atoms with Crippen LogP contribution >= 0.6 is 0 Å². The molecule has 1 N–H and O–H groups in total. The second-order valence-corrected chi connectivity index (χ2v) is 3.60. The molecule has 1 aliphatic rings. The van der Waals surface area contributed by atoms with E-state index in [9.17, 15) is 22.4 Å². The van der Waals surface area contributed by atoms with E-state index in [0.29, 0.717) is 0 Å². The van der Waals surface area contributed by atoms with Crippen LogP contribution in [0.4, 0.5) is 23.6 Å². The fraction of sp³-hybridized carbons (Fsp3) is 0.625. The topological polar surface area (TPSA) is 68.0 Å². The first-order valence-corrected chi connectivity index (χ1v) is 4.72. The first kappa shape index (κ1) is 11.8. The molecule has 1 aliphatic carbocycles. The summed E-state index contributed by atoms with van der Waals surface area (Å²) >= 11 is 0. The van der Waals surface area contributed by atoms with Crippen molar-refractivity contribution in [2.75, 3.05) is 5.32 Å². The molecule has 1 amide bonds. The quantitative estimate of drug-likeness (QED) is 0.830. The van der Waals surface area contributed by atoms with E-state index in [-0.39, 0.29) is 11.8 Å². The Hall–Kier alpha value is -1.67. The van der Waals surface area contributed by atoms with Gasteiger partial charge in [0.25, 0.3) is 0 Å². The number of carbonyl (C=O) groups is 1. The average Bonchev–Trinajstić information content (AvgIpc) is 3.00. The van der Waals surface area contributed by atoms with Crippen molar-refractivity contribution in [2.45, 2.75) is 31.1 Å². The van der Waals surface area contributed by atoms with Crippen LogP contribution in [0, 0.1) is 0 Å². The average molecular weight is 253 g/mol. The van der Waals surface area contributed by atoms with Gasteiger partial charge in [-0.2, -0.15) is 8.78 Å². The Morgan fingerprint density at radius 1 is 1.41 bits per heavy atom. The predicted octanol–water partition coefficient (Wildman–Crippen LogP) is 1.79. The highest BCUT2D eigenvalue weighted by atomic mass is 19.3. The molecule has 0 atom stereocenters. The van der Waals surface area contributed by atoms with Crippen LogP contribution in [-0.4, -0.2) is 28.5 Å². The maximum absolute atomic E-state index is 12.6. The Morgan fingerprint density at radius 3 is 2.59 bits per heavy atom. The number of halogens is 4. The van der Waals surface area contributed by atoms with Crippen LogP contribution in [0.2, 0.25) is 0 Å². The number of rotatable bonds is 4. The van der Waals surface area contributed by atoms with Gasteiger partial charge in [0.1, 0.15) is 0 Å². The minimum atomic E-state index is -4.78. The molecule has 2 rings (SSSR count). The molecule has 17 heavy (non-hydrogen) atoms. The zero-order valence-corrected chi connectivity index (χ0v) is 8.29. The summed E-state index contributed by atoms with van der Waals surface area (Å²) in [5, 5.41) is 8.22. The van der Waals surface area contributed by atoms with Gasteiger partial charge in [0, 0.05) is 5.92 Å². The van der Waals surface area contributed by atoms with Crippen LogP contribution in [-0.2, 0) is 4.79 Å². The minimum absolute atomic E-state index is 0.0729. The van der Waals surface area contributed by atoms with Crippen LogP contribution in [0.25, 0.3) is 0 Å². The Morgan fingerprint density at radius 2 is 2.06 bits per heavy atom. The Kier molecular flexibility index (Phi) is 2.76. The molecule has 1 fully saturated rings. The zero-order valence-electron chi connectivity index (χ0n) is 8.29. The van der Waals surface area contributed by atoms with Crippen molar-refractivity contribution < 1.29 is 26.8 Å². The summed E-state index contributed by atoms with van der Waals surface area (Å²) in [6, 6.07) is -0.600. The van der Waals surface area contributed by atoms with Crippen molar-refractivity contribution >= 4 is 11.9 Å². The fourth-order valence-electron chi connectivity index (χ4n) is 1.06. The van der Waals surface area contributed by atoms with E-state index < -0.39 is 24.3 Å². The molecule has 1 saturated carbocycles. The second kappa shape index (κ2) is 3.97. The van der Waals surface area contributed by atoms with E-state index in [0.717, 1.165) is 12.8 Å². The van der Waals surface area contributed by atoms with E-state index in [1.54, 1.807) is 0 Å². The molecule has 5 nitrogen and oxygen atoms in total. The third-order valence-electron chi connectivity index (χ3n) is 2.16. The number of nitrogens with zero attached hydrogens (tertiary/aromatic N) is 2. The number of alkyl halides is 4. The van der Waals surface area contributed by atoms with Crippen molar-refractivity contribution in [3.63, 3.8) is 0 Å². The zero-order chi connectivity index (χ0) is 12.6. The van der Waals surface area contributed by atoms with Gasteiger partial charge in [-0.05, 0) is 12.8 Å². The second-order valence-electron chi connectivity index (χ2n) is 3.60. The summed E-state index contributed by atoms with van der Waals surface area (Å²) in [4.78, 5) is 10.8. The molecule has 1 aromatic rings. The first-order valence-electron chi connectivity index (χ1n) is 4.72. The molecule has 0 saturated heterocycles. The smallest absolute Gasteiger partial charge is 0.383 e. The van der Waals surface area contributed by atoms with E-state index in [2.05, 4.69) is 10.2 Å². The number of carbonyl (C=O) groups excluding carboxylic acids is 1. The van der Waals surface area contributed by atoms with Gasteiger partial charge < -0.3 is 4.42 Å². The van der Waals surface area contributed by atoms with Crippen molar-refractivity contribution in [3.8, 4) is 0 Å². The SMILES string of the molecule is O=C(Nc1nnc(C2CC2)o1)C(F)(F)C(F)F. The largest absolute Gasteiger partial charge is 0.408 e.